The molecule has 0 fully saturated rings. The Balaban J connectivity index is 2.60. The van der Waals surface area contributed by atoms with E-state index in [4.69, 9.17) is 0 Å². The molecule has 1 atom stereocenters. The summed E-state index contributed by atoms with van der Waals surface area (Å²) in [6, 6.07) is 0.229. The van der Waals surface area contributed by atoms with Crippen molar-refractivity contribution in [1.82, 2.24) is 15.3 Å². The van der Waals surface area contributed by atoms with Crippen molar-refractivity contribution in [1.29, 1.82) is 0 Å². The normalized spacial score (nSPS) is 11.8. The number of nitrogens with one attached hydrogen (secondary N) is 2. The van der Waals surface area contributed by atoms with Gasteiger partial charge in [-0.25, -0.2) is 4.98 Å². The maximum absolute atomic E-state index is 4.20. The van der Waals surface area contributed by atoms with Crippen molar-refractivity contribution >= 4 is 0 Å². The molecule has 0 aliphatic rings. The van der Waals surface area contributed by atoms with Crippen LogP contribution in [0.1, 0.15) is 32.1 Å². The maximum atomic E-state index is 4.20. The molecule has 0 bridgehead atoms. The molecule has 13 heavy (non-hydrogen) atoms. The Kier molecular flexibility index (Phi) is 4.07. The van der Waals surface area contributed by atoms with Gasteiger partial charge in [-0.15, -0.1) is 11.8 Å². The second-order valence-corrected chi connectivity index (χ2v) is 2.72. The lowest BCUT2D eigenvalue weighted by Crippen LogP contribution is -2.21. The van der Waals surface area contributed by atoms with E-state index in [-0.39, 0.29) is 6.04 Å². The van der Waals surface area contributed by atoms with E-state index in [0.29, 0.717) is 0 Å². The minimum absolute atomic E-state index is 0.229. The smallest absolute Gasteiger partial charge is 0.124 e. The summed E-state index contributed by atoms with van der Waals surface area (Å²) in [4.78, 5) is 7.29. The Hall–Kier alpha value is -1.27. The van der Waals surface area contributed by atoms with Crippen LogP contribution in [0, 0.1) is 11.8 Å². The quantitative estimate of drug-likeness (QED) is 0.684. The van der Waals surface area contributed by atoms with Crippen molar-refractivity contribution in [3.8, 4) is 11.8 Å². The second-order valence-electron chi connectivity index (χ2n) is 2.72. The summed E-state index contributed by atoms with van der Waals surface area (Å²) in [7, 11) is 0. The largest absolute Gasteiger partial charge is 0.347 e. The number of hydrogen-bond donors (Lipinski definition) is 2. The van der Waals surface area contributed by atoms with E-state index in [1.165, 1.54) is 0 Å². The molecule has 0 aliphatic carbocycles. The van der Waals surface area contributed by atoms with Gasteiger partial charge in [-0.1, -0.05) is 6.92 Å². The number of H-pyrrole nitrogens is 1. The third-order valence-corrected chi connectivity index (χ3v) is 1.78. The third kappa shape index (κ3) is 2.92. The molecular weight excluding hydrogens is 162 g/mol. The van der Waals surface area contributed by atoms with Crippen LogP contribution in [0.2, 0.25) is 0 Å². The van der Waals surface area contributed by atoms with E-state index in [1.54, 1.807) is 6.20 Å². The molecule has 3 heteroatoms. The summed E-state index contributed by atoms with van der Waals surface area (Å²) in [6.07, 6.45) is 4.40. The Morgan fingerprint density at radius 3 is 3.08 bits per heavy atom. The molecule has 1 aromatic rings. The molecule has 0 radical (unpaired) electrons. The highest BCUT2D eigenvalue weighted by Gasteiger charge is 2.09. The molecule has 0 saturated carbocycles. The van der Waals surface area contributed by atoms with Crippen LogP contribution in [0.25, 0.3) is 0 Å². The monoisotopic (exact) mass is 177 g/mol. The standard InChI is InChI=1S/C10H15N3/c1-3-5-6-9(11-4-2)10-12-7-8-13-10/h7-9,11H,4,6H2,1-2H3,(H,12,13). The molecule has 0 amide bonds. The fourth-order valence-corrected chi connectivity index (χ4v) is 1.18. The lowest BCUT2D eigenvalue weighted by molar-refractivity contribution is 0.540. The van der Waals surface area contributed by atoms with Crippen LogP contribution in [0.5, 0.6) is 0 Å². The maximum Gasteiger partial charge on any atom is 0.124 e. The van der Waals surface area contributed by atoms with Gasteiger partial charge in [0.2, 0.25) is 0 Å². The zero-order chi connectivity index (χ0) is 9.52. The highest BCUT2D eigenvalue weighted by atomic mass is 15.0. The zero-order valence-electron chi connectivity index (χ0n) is 8.09. The molecule has 3 nitrogen and oxygen atoms in total. The van der Waals surface area contributed by atoms with E-state index in [0.717, 1.165) is 18.8 Å². The van der Waals surface area contributed by atoms with Crippen molar-refractivity contribution in [2.75, 3.05) is 6.54 Å². The molecule has 0 aromatic carbocycles. The lowest BCUT2D eigenvalue weighted by Gasteiger charge is -2.11. The van der Waals surface area contributed by atoms with Gasteiger partial charge in [-0.3, -0.25) is 0 Å². The molecule has 0 saturated heterocycles. The predicted molar refractivity (Wildman–Crippen MR) is 53.1 cm³/mol. The number of nitrogens with zero attached hydrogens (tertiary/aromatic N) is 1. The van der Waals surface area contributed by atoms with Crippen LogP contribution in [0.4, 0.5) is 0 Å². The highest BCUT2D eigenvalue weighted by molar-refractivity contribution is 5.04. The molecular formula is C10H15N3. The van der Waals surface area contributed by atoms with Gasteiger partial charge in [0.05, 0.1) is 6.04 Å². The minimum atomic E-state index is 0.229. The van der Waals surface area contributed by atoms with E-state index in [9.17, 15) is 0 Å². The number of aromatic amines is 1. The predicted octanol–water partition coefficient (Wildman–Crippen LogP) is 1.47. The minimum Gasteiger partial charge on any atom is -0.347 e. The summed E-state index contributed by atoms with van der Waals surface area (Å²) < 4.78 is 0. The highest BCUT2D eigenvalue weighted by Crippen LogP contribution is 2.10. The van der Waals surface area contributed by atoms with Gasteiger partial charge in [0.1, 0.15) is 5.82 Å². The average Bonchev–Trinajstić information content (AvgIpc) is 2.65. The van der Waals surface area contributed by atoms with Gasteiger partial charge in [0.25, 0.3) is 0 Å². The number of aromatic nitrogens is 2. The fraction of sp³-hybridized carbons (Fsp3) is 0.500. The summed E-state index contributed by atoms with van der Waals surface area (Å²) in [6.45, 7) is 4.86. The van der Waals surface area contributed by atoms with Gasteiger partial charge >= 0.3 is 0 Å². The Labute approximate surface area is 79.0 Å². The topological polar surface area (TPSA) is 40.7 Å². The van der Waals surface area contributed by atoms with Crippen molar-refractivity contribution in [2.24, 2.45) is 0 Å². The zero-order valence-corrected chi connectivity index (χ0v) is 8.09. The fourth-order valence-electron chi connectivity index (χ4n) is 1.18. The van der Waals surface area contributed by atoms with Gasteiger partial charge < -0.3 is 10.3 Å². The average molecular weight is 177 g/mol. The third-order valence-electron chi connectivity index (χ3n) is 1.78. The molecule has 0 spiro atoms. The van der Waals surface area contributed by atoms with E-state index >= 15 is 0 Å². The first kappa shape index (κ1) is 9.82. The first-order valence-corrected chi connectivity index (χ1v) is 4.50. The van der Waals surface area contributed by atoms with Crippen LogP contribution >= 0.6 is 0 Å². The molecule has 0 aliphatic heterocycles. The Morgan fingerprint density at radius 2 is 2.54 bits per heavy atom. The van der Waals surface area contributed by atoms with Crippen LogP contribution in [0.3, 0.4) is 0 Å². The summed E-state index contributed by atoms with van der Waals surface area (Å²) in [5.41, 5.74) is 0. The number of hydrogen-bond acceptors (Lipinski definition) is 2. The molecule has 1 heterocycles. The molecule has 70 valence electrons. The Bertz CT molecular complexity index is 279. The van der Waals surface area contributed by atoms with Gasteiger partial charge in [0, 0.05) is 18.8 Å². The number of imidazole rings is 1. The second kappa shape index (κ2) is 5.39. The summed E-state index contributed by atoms with van der Waals surface area (Å²) in [5, 5.41) is 3.32. The van der Waals surface area contributed by atoms with Crippen LogP contribution in [0.15, 0.2) is 12.4 Å². The first-order chi connectivity index (χ1) is 6.38. The van der Waals surface area contributed by atoms with Crippen molar-refractivity contribution in [2.45, 2.75) is 26.3 Å². The van der Waals surface area contributed by atoms with Crippen molar-refractivity contribution in [3.05, 3.63) is 18.2 Å². The Morgan fingerprint density at radius 1 is 1.69 bits per heavy atom. The van der Waals surface area contributed by atoms with Crippen LogP contribution in [-0.4, -0.2) is 16.5 Å². The van der Waals surface area contributed by atoms with E-state index in [2.05, 4.69) is 34.0 Å². The van der Waals surface area contributed by atoms with Crippen LogP contribution < -0.4 is 5.32 Å². The summed E-state index contributed by atoms with van der Waals surface area (Å²) in [5.74, 6) is 6.90. The van der Waals surface area contributed by atoms with Gasteiger partial charge in [0.15, 0.2) is 0 Å². The molecule has 1 unspecified atom stereocenters. The lowest BCUT2D eigenvalue weighted by atomic mass is 10.2. The van der Waals surface area contributed by atoms with Gasteiger partial charge in [-0.2, -0.15) is 0 Å². The van der Waals surface area contributed by atoms with Crippen LogP contribution in [-0.2, 0) is 0 Å². The molecule has 1 aromatic heterocycles. The molecule has 2 N–H and O–H groups in total. The SMILES string of the molecule is CC#CCC(NCC)c1ncc[nH]1. The summed E-state index contributed by atoms with van der Waals surface area (Å²) >= 11 is 0. The first-order valence-electron chi connectivity index (χ1n) is 4.50. The van der Waals surface area contributed by atoms with Gasteiger partial charge in [-0.05, 0) is 13.5 Å². The number of rotatable bonds is 4. The van der Waals surface area contributed by atoms with E-state index < -0.39 is 0 Å². The van der Waals surface area contributed by atoms with E-state index in [1.807, 2.05) is 13.1 Å². The van der Waals surface area contributed by atoms with Crippen molar-refractivity contribution in [3.63, 3.8) is 0 Å². The van der Waals surface area contributed by atoms with Crippen molar-refractivity contribution < 1.29 is 0 Å². The molecule has 1 rings (SSSR count).